The van der Waals surface area contributed by atoms with Crippen LogP contribution < -0.4 is 0 Å². The normalized spacial score (nSPS) is 14.4. The summed E-state index contributed by atoms with van der Waals surface area (Å²) in [6.07, 6.45) is 76.6. The minimum absolute atomic E-state index is 0.0737. The first-order valence-electron chi connectivity index (χ1n) is 39.5. The number of hydrogen-bond acceptors (Lipinski definition) is 15. The van der Waals surface area contributed by atoms with Crippen molar-refractivity contribution in [3.05, 3.63) is 97.2 Å². The van der Waals surface area contributed by atoms with Crippen molar-refractivity contribution in [2.24, 2.45) is 0 Å². The number of carbonyl (C=O) groups is 4. The van der Waals surface area contributed by atoms with Crippen LogP contribution in [0.15, 0.2) is 97.2 Å². The van der Waals surface area contributed by atoms with Gasteiger partial charge in [-0.3, -0.25) is 37.3 Å². The third kappa shape index (κ3) is 72.3. The Morgan fingerprint density at radius 1 is 0.290 bits per heavy atom. The summed E-state index contributed by atoms with van der Waals surface area (Å²) in [6.45, 7) is 4.75. The number of aliphatic hydroxyl groups excluding tert-OH is 1. The number of allylic oxidation sites excluding steroid dienone is 16. The van der Waals surface area contributed by atoms with Crippen LogP contribution >= 0.6 is 15.6 Å². The summed E-state index contributed by atoms with van der Waals surface area (Å²) in [5.74, 6) is -2.23. The van der Waals surface area contributed by atoms with Gasteiger partial charge in [0.15, 0.2) is 12.2 Å². The van der Waals surface area contributed by atoms with Crippen molar-refractivity contribution in [2.75, 3.05) is 39.6 Å². The zero-order chi connectivity index (χ0) is 73.2. The van der Waals surface area contributed by atoms with Crippen molar-refractivity contribution in [1.82, 2.24) is 0 Å². The highest BCUT2D eigenvalue weighted by molar-refractivity contribution is 7.47. The number of unbranched alkanes of at least 4 members (excludes halogenated alkanes) is 35. The van der Waals surface area contributed by atoms with E-state index in [4.69, 9.17) is 37.0 Å². The molecule has 100 heavy (non-hydrogen) atoms. The Morgan fingerprint density at radius 2 is 0.520 bits per heavy atom. The van der Waals surface area contributed by atoms with Gasteiger partial charge in [-0.2, -0.15) is 0 Å². The molecule has 0 bridgehead atoms. The Bertz CT molecular complexity index is 2270. The third-order valence-corrected chi connectivity index (χ3v) is 18.5. The highest BCUT2D eigenvalue weighted by atomic mass is 31.2. The molecule has 0 spiro atoms. The second kappa shape index (κ2) is 73.3. The van der Waals surface area contributed by atoms with Crippen molar-refractivity contribution in [3.8, 4) is 0 Å². The van der Waals surface area contributed by atoms with Crippen LogP contribution in [-0.4, -0.2) is 96.7 Å². The average molecular weight is 1450 g/mol. The standard InChI is InChI=1S/C81H142O17P2/c1-5-9-13-17-21-25-29-33-37-41-45-49-53-57-61-65-78(83)91-71-76(97-80(85)67-63-59-55-51-47-43-39-35-31-27-23-19-15-11-7-3)73-95-99(87,88)93-69-75(82)70-94-100(89,90)96-74-77(98-81(86)68-64-60-56-52-48-44-40-36-32-28-24-20-16-12-8-4)72-92-79(84)66-62-58-54-50-46-42-38-34-30-26-22-18-14-10-6-2/h23,25-30,32-40,75-77,82H,5-22,24,31,41-74H2,1-4H3,(H,87,88)(H,89,90)/b27-23-,29-25-,30-26-,32-28-,37-33-,38-34-,39-35-,40-36-/t75-,76-,77-/m1/s1. The average Bonchev–Trinajstić information content (AvgIpc) is 1.25. The lowest BCUT2D eigenvalue weighted by Crippen LogP contribution is -2.30. The van der Waals surface area contributed by atoms with Crippen molar-refractivity contribution < 1.29 is 80.2 Å². The van der Waals surface area contributed by atoms with Crippen molar-refractivity contribution in [3.63, 3.8) is 0 Å². The topological polar surface area (TPSA) is 237 Å². The number of phosphoric acid groups is 2. The molecule has 0 aliphatic rings. The second-order valence-corrected chi connectivity index (χ2v) is 29.3. The fourth-order valence-electron chi connectivity index (χ4n) is 10.5. The van der Waals surface area contributed by atoms with Crippen molar-refractivity contribution in [2.45, 2.75) is 354 Å². The van der Waals surface area contributed by atoms with Gasteiger partial charge in [-0.1, -0.05) is 273 Å². The molecule has 0 saturated carbocycles. The van der Waals surface area contributed by atoms with Crippen LogP contribution in [0.2, 0.25) is 0 Å². The predicted octanol–water partition coefficient (Wildman–Crippen LogP) is 22.8. The van der Waals surface area contributed by atoms with E-state index in [-0.39, 0.29) is 25.7 Å². The van der Waals surface area contributed by atoms with E-state index >= 15 is 0 Å². The zero-order valence-electron chi connectivity index (χ0n) is 63.1. The van der Waals surface area contributed by atoms with E-state index in [0.29, 0.717) is 25.7 Å². The van der Waals surface area contributed by atoms with Crippen LogP contribution in [-0.2, 0) is 65.4 Å². The Kier molecular flexibility index (Phi) is 70.4. The van der Waals surface area contributed by atoms with Crippen LogP contribution in [0, 0.1) is 0 Å². The lowest BCUT2D eigenvalue weighted by atomic mass is 10.1. The van der Waals surface area contributed by atoms with Crippen molar-refractivity contribution >= 4 is 39.5 Å². The minimum Gasteiger partial charge on any atom is -0.462 e. The summed E-state index contributed by atoms with van der Waals surface area (Å²) in [5, 5.41) is 10.6. The molecule has 0 aliphatic heterocycles. The fourth-order valence-corrected chi connectivity index (χ4v) is 12.0. The molecule has 578 valence electrons. The van der Waals surface area contributed by atoms with Gasteiger partial charge < -0.3 is 33.8 Å². The summed E-state index contributed by atoms with van der Waals surface area (Å²) in [4.78, 5) is 72.9. The van der Waals surface area contributed by atoms with Gasteiger partial charge in [-0.05, 0) is 135 Å². The SMILES string of the molecule is CCCCC/C=C\C/C=C\CCCCCCCC(=O)O[C@H](COC(=O)CCCCCCC/C=C\C=C/CCCCCC)COP(=O)(O)OC[C@@H](O)COP(=O)(O)OC[C@@H](COC(=O)CCCCCCC/C=C\C=C/CCCCCC)OC(=O)CCCCCCC/C=C\C=C/CCCCCC. The van der Waals surface area contributed by atoms with Gasteiger partial charge in [0.2, 0.25) is 0 Å². The Labute approximate surface area is 607 Å². The van der Waals surface area contributed by atoms with Gasteiger partial charge in [-0.25, -0.2) is 9.13 Å². The van der Waals surface area contributed by atoms with Gasteiger partial charge in [0.1, 0.15) is 19.3 Å². The lowest BCUT2D eigenvalue weighted by molar-refractivity contribution is -0.161. The van der Waals surface area contributed by atoms with Crippen molar-refractivity contribution in [1.29, 1.82) is 0 Å². The number of esters is 4. The molecule has 0 fully saturated rings. The first-order chi connectivity index (χ1) is 48.7. The van der Waals surface area contributed by atoms with Crippen LogP contribution in [0.25, 0.3) is 0 Å². The fraction of sp³-hybridized carbons (Fsp3) is 0.753. The summed E-state index contributed by atoms with van der Waals surface area (Å²) >= 11 is 0. The second-order valence-electron chi connectivity index (χ2n) is 26.4. The number of ether oxygens (including phenoxy) is 4. The molecule has 0 rings (SSSR count). The molecule has 2 unspecified atom stereocenters. The maximum Gasteiger partial charge on any atom is 0.472 e. The summed E-state index contributed by atoms with van der Waals surface area (Å²) < 4.78 is 68.5. The maximum atomic E-state index is 13.1. The molecule has 19 heteroatoms. The van der Waals surface area contributed by atoms with Crippen LogP contribution in [0.4, 0.5) is 0 Å². The summed E-state index contributed by atoms with van der Waals surface area (Å²) in [7, 11) is -9.97. The molecule has 0 aliphatic carbocycles. The van der Waals surface area contributed by atoms with E-state index < -0.39 is 97.5 Å². The number of aliphatic hydroxyl groups is 1. The zero-order valence-corrected chi connectivity index (χ0v) is 64.9. The molecule has 0 amide bonds. The van der Waals surface area contributed by atoms with Crippen LogP contribution in [0.5, 0.6) is 0 Å². The molecule has 17 nitrogen and oxygen atoms in total. The lowest BCUT2D eigenvalue weighted by Gasteiger charge is -2.21. The van der Waals surface area contributed by atoms with Gasteiger partial charge in [0.05, 0.1) is 26.4 Å². The quantitative estimate of drug-likeness (QED) is 0.0128. The number of carbonyl (C=O) groups excluding carboxylic acids is 4. The Hall–Kier alpha value is -4.02. The highest BCUT2D eigenvalue weighted by Gasteiger charge is 2.30. The highest BCUT2D eigenvalue weighted by Crippen LogP contribution is 2.45. The first-order valence-corrected chi connectivity index (χ1v) is 42.5. The molecular formula is C81H142O17P2. The molecule has 0 heterocycles. The molecule has 0 saturated heterocycles. The molecule has 3 N–H and O–H groups in total. The van der Waals surface area contributed by atoms with E-state index in [1.165, 1.54) is 96.3 Å². The first kappa shape index (κ1) is 96.0. The van der Waals surface area contributed by atoms with E-state index in [9.17, 15) is 43.2 Å². The number of hydrogen-bond donors (Lipinski definition) is 3. The largest absolute Gasteiger partial charge is 0.472 e. The Balaban J connectivity index is 5.40. The molecule has 5 atom stereocenters. The minimum atomic E-state index is -4.98. The molecule has 0 aromatic heterocycles. The third-order valence-electron chi connectivity index (χ3n) is 16.6. The monoisotopic (exact) mass is 1450 g/mol. The van der Waals surface area contributed by atoms with E-state index in [0.717, 1.165) is 161 Å². The van der Waals surface area contributed by atoms with E-state index in [2.05, 4.69) is 125 Å². The molecular weight excluding hydrogens is 1310 g/mol. The van der Waals surface area contributed by atoms with Crippen LogP contribution in [0.3, 0.4) is 0 Å². The number of phosphoric ester groups is 2. The van der Waals surface area contributed by atoms with Gasteiger partial charge in [0.25, 0.3) is 0 Å². The molecule has 0 radical (unpaired) electrons. The van der Waals surface area contributed by atoms with E-state index in [1.807, 2.05) is 0 Å². The van der Waals surface area contributed by atoms with Crippen LogP contribution in [0.1, 0.15) is 336 Å². The molecule has 0 aromatic carbocycles. The van der Waals surface area contributed by atoms with Gasteiger partial charge >= 0.3 is 39.5 Å². The summed E-state index contributed by atoms with van der Waals surface area (Å²) in [5.41, 5.74) is 0. The number of rotatable bonds is 74. The maximum absolute atomic E-state index is 13.1. The smallest absolute Gasteiger partial charge is 0.462 e. The molecule has 0 aromatic rings. The van der Waals surface area contributed by atoms with Gasteiger partial charge in [-0.15, -0.1) is 0 Å². The predicted molar refractivity (Wildman–Crippen MR) is 409 cm³/mol. The van der Waals surface area contributed by atoms with Gasteiger partial charge in [0, 0.05) is 25.7 Å². The Morgan fingerprint density at radius 3 is 0.820 bits per heavy atom. The van der Waals surface area contributed by atoms with E-state index in [1.54, 1.807) is 0 Å². The summed E-state index contributed by atoms with van der Waals surface area (Å²) in [6, 6.07) is 0.